The Labute approximate surface area is 246 Å². The number of methoxy groups -OCH3 is 1. The van der Waals surface area contributed by atoms with E-state index in [0.717, 1.165) is 42.4 Å². The van der Waals surface area contributed by atoms with Gasteiger partial charge < -0.3 is 30.3 Å². The van der Waals surface area contributed by atoms with E-state index in [0.29, 0.717) is 10.3 Å². The van der Waals surface area contributed by atoms with Crippen LogP contribution in [0.3, 0.4) is 0 Å². The summed E-state index contributed by atoms with van der Waals surface area (Å²) in [7, 11) is 4.97. The number of nitrogens with one attached hydrogen (secondary N) is 3. The van der Waals surface area contributed by atoms with Crippen LogP contribution in [-0.2, 0) is 11.2 Å². The third kappa shape index (κ3) is 8.06. The number of halogens is 4. The van der Waals surface area contributed by atoms with Crippen molar-refractivity contribution in [2.24, 2.45) is 0 Å². The number of alkyl halides is 3. The standard InChI is InChI=1S/C30H34F4N4O3S/c1-35-29(39)21-16-26(41-15-14-40-3)25(17-23(21)31)36-11-5-8-27-22(18-30(32,33)34)20-6-4-7-24(28(20)42-27)37-19-9-12-38(2)13-10-19/h4,6-7,16-17,19,36-37H,9-15,18H2,1-3H3,(H,35,39). The molecule has 0 saturated carbocycles. The van der Waals surface area contributed by atoms with E-state index in [-0.39, 0.29) is 48.4 Å². The number of rotatable bonds is 10. The number of thiophene rings is 1. The number of nitrogens with zero attached hydrogens (tertiary/aromatic N) is 1. The van der Waals surface area contributed by atoms with Gasteiger partial charge in [0, 0.05) is 26.3 Å². The number of piperidine rings is 1. The van der Waals surface area contributed by atoms with E-state index in [9.17, 15) is 22.4 Å². The summed E-state index contributed by atoms with van der Waals surface area (Å²) in [4.78, 5) is 14.6. The highest BCUT2D eigenvalue weighted by Gasteiger charge is 2.31. The summed E-state index contributed by atoms with van der Waals surface area (Å²) in [6.07, 6.45) is -3.59. The molecule has 0 bridgehead atoms. The third-order valence-corrected chi connectivity index (χ3v) is 8.13. The van der Waals surface area contributed by atoms with Gasteiger partial charge in [-0.1, -0.05) is 24.0 Å². The molecule has 0 atom stereocenters. The number of ether oxygens (including phenoxy) is 2. The zero-order valence-electron chi connectivity index (χ0n) is 23.7. The molecule has 0 aliphatic carbocycles. The minimum absolute atomic E-state index is 0.000198. The summed E-state index contributed by atoms with van der Waals surface area (Å²) in [5.74, 6) is 4.64. The number of carbonyl (C=O) groups is 1. The molecular formula is C30H34F4N4O3S. The second kappa shape index (κ2) is 14.1. The normalized spacial score (nSPS) is 14.4. The zero-order valence-corrected chi connectivity index (χ0v) is 24.5. The largest absolute Gasteiger partial charge is 0.489 e. The molecule has 1 amide bonds. The highest BCUT2D eigenvalue weighted by Crippen LogP contribution is 2.39. The van der Waals surface area contributed by atoms with Crippen molar-refractivity contribution in [3.8, 4) is 17.6 Å². The van der Waals surface area contributed by atoms with Gasteiger partial charge in [0.2, 0.25) is 0 Å². The van der Waals surface area contributed by atoms with Gasteiger partial charge in [0.1, 0.15) is 18.2 Å². The van der Waals surface area contributed by atoms with Crippen LogP contribution in [0.15, 0.2) is 30.3 Å². The van der Waals surface area contributed by atoms with Gasteiger partial charge >= 0.3 is 6.18 Å². The van der Waals surface area contributed by atoms with Crippen LogP contribution in [0.1, 0.15) is 33.6 Å². The van der Waals surface area contributed by atoms with E-state index in [2.05, 4.69) is 39.7 Å². The van der Waals surface area contributed by atoms with Crippen molar-refractivity contribution in [2.45, 2.75) is 31.5 Å². The molecule has 7 nitrogen and oxygen atoms in total. The van der Waals surface area contributed by atoms with Crippen molar-refractivity contribution in [1.82, 2.24) is 10.2 Å². The molecule has 1 saturated heterocycles. The van der Waals surface area contributed by atoms with E-state index in [4.69, 9.17) is 9.47 Å². The fourth-order valence-electron chi connectivity index (χ4n) is 4.75. The van der Waals surface area contributed by atoms with Crippen LogP contribution >= 0.6 is 11.3 Å². The van der Waals surface area contributed by atoms with Crippen LogP contribution in [0.25, 0.3) is 10.1 Å². The van der Waals surface area contributed by atoms with Gasteiger partial charge in [-0.15, -0.1) is 11.3 Å². The van der Waals surface area contributed by atoms with Crippen LogP contribution in [0, 0.1) is 17.7 Å². The molecule has 12 heteroatoms. The number of carbonyl (C=O) groups excluding carboxylic acids is 1. The van der Waals surface area contributed by atoms with Gasteiger partial charge in [0.15, 0.2) is 0 Å². The number of hydrogen-bond acceptors (Lipinski definition) is 7. The minimum atomic E-state index is -4.40. The van der Waals surface area contributed by atoms with Gasteiger partial charge in [-0.05, 0) is 56.1 Å². The molecular weight excluding hydrogens is 572 g/mol. The van der Waals surface area contributed by atoms with Gasteiger partial charge in [0.05, 0.1) is 46.1 Å². The smallest absolute Gasteiger partial charge is 0.393 e. The van der Waals surface area contributed by atoms with E-state index in [1.165, 1.54) is 31.6 Å². The van der Waals surface area contributed by atoms with Crippen molar-refractivity contribution in [3.05, 3.63) is 52.2 Å². The molecule has 2 heterocycles. The predicted octanol–water partition coefficient (Wildman–Crippen LogP) is 5.50. The highest BCUT2D eigenvalue weighted by molar-refractivity contribution is 7.20. The molecule has 1 fully saturated rings. The second-order valence-corrected chi connectivity index (χ2v) is 11.0. The second-order valence-electron chi connectivity index (χ2n) is 10.0. The van der Waals surface area contributed by atoms with Crippen LogP contribution < -0.4 is 20.7 Å². The molecule has 1 aliphatic heterocycles. The first kappa shape index (κ1) is 31.4. The maximum Gasteiger partial charge on any atom is 0.393 e. The molecule has 1 aliphatic rings. The first-order valence-electron chi connectivity index (χ1n) is 13.6. The molecule has 0 unspecified atom stereocenters. The lowest BCUT2D eigenvalue weighted by molar-refractivity contribution is -0.126. The molecule has 4 rings (SSSR count). The van der Waals surface area contributed by atoms with Gasteiger partial charge in [-0.2, -0.15) is 13.2 Å². The number of anilines is 2. The van der Waals surface area contributed by atoms with E-state index in [1.54, 1.807) is 12.1 Å². The Morgan fingerprint density at radius 1 is 1.17 bits per heavy atom. The number of benzene rings is 2. The molecule has 0 radical (unpaired) electrons. The number of amides is 1. The Balaban J connectivity index is 1.59. The Morgan fingerprint density at radius 3 is 2.62 bits per heavy atom. The topological polar surface area (TPSA) is 74.9 Å². The van der Waals surface area contributed by atoms with Crippen LogP contribution in [0.5, 0.6) is 5.75 Å². The summed E-state index contributed by atoms with van der Waals surface area (Å²) in [6.45, 7) is 2.35. The lowest BCUT2D eigenvalue weighted by Crippen LogP contribution is -2.36. The number of hydrogen-bond donors (Lipinski definition) is 3. The van der Waals surface area contributed by atoms with Crippen molar-refractivity contribution in [1.29, 1.82) is 0 Å². The monoisotopic (exact) mass is 606 g/mol. The lowest BCUT2D eigenvalue weighted by Gasteiger charge is -2.30. The molecule has 0 spiro atoms. The lowest BCUT2D eigenvalue weighted by atomic mass is 10.0. The number of fused-ring (bicyclic) bond motifs is 1. The summed E-state index contributed by atoms with van der Waals surface area (Å²) in [6, 6.07) is 8.03. The minimum Gasteiger partial charge on any atom is -0.489 e. The molecule has 1 aromatic heterocycles. The molecule has 42 heavy (non-hydrogen) atoms. The first-order chi connectivity index (χ1) is 20.1. The van der Waals surface area contributed by atoms with Crippen molar-refractivity contribution < 1.29 is 31.8 Å². The summed E-state index contributed by atoms with van der Waals surface area (Å²) in [5.41, 5.74) is 1.02. The molecule has 226 valence electrons. The van der Waals surface area contributed by atoms with Crippen LogP contribution in [0.4, 0.5) is 28.9 Å². The Hall–Kier alpha value is -3.53. The average molecular weight is 607 g/mol. The van der Waals surface area contributed by atoms with Gasteiger partial charge in [-0.25, -0.2) is 4.39 Å². The van der Waals surface area contributed by atoms with Gasteiger partial charge in [-0.3, -0.25) is 4.79 Å². The van der Waals surface area contributed by atoms with Crippen molar-refractivity contribution >= 4 is 38.7 Å². The van der Waals surface area contributed by atoms with E-state index >= 15 is 0 Å². The Kier molecular flexibility index (Phi) is 10.5. The predicted molar refractivity (Wildman–Crippen MR) is 158 cm³/mol. The third-order valence-electron chi connectivity index (χ3n) is 6.93. The highest BCUT2D eigenvalue weighted by atomic mass is 32.1. The summed E-state index contributed by atoms with van der Waals surface area (Å²) in [5, 5.41) is 9.42. The van der Waals surface area contributed by atoms with Crippen LogP contribution in [0.2, 0.25) is 0 Å². The van der Waals surface area contributed by atoms with Crippen molar-refractivity contribution in [3.63, 3.8) is 0 Å². The fraction of sp³-hybridized carbons (Fsp3) is 0.433. The van der Waals surface area contributed by atoms with Crippen molar-refractivity contribution in [2.75, 3.05) is 64.7 Å². The van der Waals surface area contributed by atoms with E-state index in [1.807, 2.05) is 6.07 Å². The SMILES string of the molecule is CNC(=O)c1cc(OCCOC)c(NCC#Cc2sc3c(NC4CCN(C)CC4)cccc3c2CC(F)(F)F)cc1F. The van der Waals surface area contributed by atoms with Gasteiger partial charge in [0.25, 0.3) is 5.91 Å². The maximum atomic E-state index is 14.7. The zero-order chi connectivity index (χ0) is 30.3. The summed E-state index contributed by atoms with van der Waals surface area (Å²) >= 11 is 1.24. The van der Waals surface area contributed by atoms with E-state index < -0.39 is 24.3 Å². The Morgan fingerprint density at radius 2 is 1.93 bits per heavy atom. The first-order valence-corrected chi connectivity index (χ1v) is 14.4. The average Bonchev–Trinajstić information content (AvgIpc) is 3.29. The Bertz CT molecular complexity index is 1460. The quantitative estimate of drug-likeness (QED) is 0.161. The molecule has 3 N–H and O–H groups in total. The molecule has 3 aromatic rings. The van der Waals surface area contributed by atoms with Crippen LogP contribution in [-0.4, -0.2) is 77.1 Å². The fourth-order valence-corrected chi connectivity index (χ4v) is 5.92. The summed E-state index contributed by atoms with van der Waals surface area (Å²) < 4.78 is 66.9. The maximum absolute atomic E-state index is 14.7. The molecule has 2 aromatic carbocycles. The number of likely N-dealkylation sites (tertiary alicyclic amines) is 1.